The Kier molecular flexibility index (Phi) is 4.06. The summed E-state index contributed by atoms with van der Waals surface area (Å²) in [5.41, 5.74) is 8.38. The van der Waals surface area contributed by atoms with E-state index in [1.54, 1.807) is 0 Å². The SMILES string of the molecule is CN1CC(CN)CC1c1ccc(C2COC(C)(C)O2)cc1. The van der Waals surface area contributed by atoms with E-state index in [0.717, 1.165) is 19.5 Å². The molecule has 2 aliphatic heterocycles. The molecule has 0 radical (unpaired) electrons. The zero-order valence-electron chi connectivity index (χ0n) is 13.2. The summed E-state index contributed by atoms with van der Waals surface area (Å²) >= 11 is 0. The second-order valence-electron chi connectivity index (χ2n) is 6.78. The van der Waals surface area contributed by atoms with Gasteiger partial charge in [-0.25, -0.2) is 0 Å². The molecule has 2 fully saturated rings. The molecule has 4 nitrogen and oxygen atoms in total. The standard InChI is InChI=1S/C17H26N2O2/c1-17(2)20-11-16(21-17)14-6-4-13(5-7-14)15-8-12(9-18)10-19(15)3/h4-7,12,15-16H,8-11,18H2,1-3H3. The van der Waals surface area contributed by atoms with Crippen molar-refractivity contribution in [2.75, 3.05) is 26.7 Å². The van der Waals surface area contributed by atoms with E-state index in [4.69, 9.17) is 15.2 Å². The highest BCUT2D eigenvalue weighted by atomic mass is 16.7. The van der Waals surface area contributed by atoms with Crippen LogP contribution in [0.5, 0.6) is 0 Å². The zero-order chi connectivity index (χ0) is 15.0. The van der Waals surface area contributed by atoms with Gasteiger partial charge in [-0.1, -0.05) is 24.3 Å². The van der Waals surface area contributed by atoms with Crippen LogP contribution >= 0.6 is 0 Å². The quantitative estimate of drug-likeness (QED) is 0.929. The lowest BCUT2D eigenvalue weighted by atomic mass is 9.98. The van der Waals surface area contributed by atoms with Crippen LogP contribution in [0.4, 0.5) is 0 Å². The lowest BCUT2D eigenvalue weighted by molar-refractivity contribution is -0.139. The van der Waals surface area contributed by atoms with Gasteiger partial charge in [0.25, 0.3) is 0 Å². The van der Waals surface area contributed by atoms with Crippen LogP contribution < -0.4 is 5.73 Å². The topological polar surface area (TPSA) is 47.7 Å². The van der Waals surface area contributed by atoms with Gasteiger partial charge in [-0.2, -0.15) is 0 Å². The molecule has 2 N–H and O–H groups in total. The van der Waals surface area contributed by atoms with Crippen LogP contribution in [0, 0.1) is 5.92 Å². The molecule has 0 spiro atoms. The van der Waals surface area contributed by atoms with Crippen molar-refractivity contribution in [1.82, 2.24) is 4.90 Å². The maximum atomic E-state index is 5.91. The van der Waals surface area contributed by atoms with Crippen LogP contribution in [-0.2, 0) is 9.47 Å². The van der Waals surface area contributed by atoms with E-state index < -0.39 is 5.79 Å². The zero-order valence-corrected chi connectivity index (χ0v) is 13.2. The second-order valence-corrected chi connectivity index (χ2v) is 6.78. The number of rotatable bonds is 3. The summed E-state index contributed by atoms with van der Waals surface area (Å²) in [5, 5.41) is 0. The molecule has 21 heavy (non-hydrogen) atoms. The van der Waals surface area contributed by atoms with Crippen molar-refractivity contribution in [3.8, 4) is 0 Å². The summed E-state index contributed by atoms with van der Waals surface area (Å²) in [6, 6.07) is 9.29. The number of likely N-dealkylation sites (tertiary alicyclic amines) is 1. The fourth-order valence-corrected chi connectivity index (χ4v) is 3.45. The Labute approximate surface area is 127 Å². The fraction of sp³-hybridized carbons (Fsp3) is 0.647. The van der Waals surface area contributed by atoms with Crippen LogP contribution in [-0.4, -0.2) is 37.4 Å². The van der Waals surface area contributed by atoms with E-state index in [2.05, 4.69) is 36.2 Å². The predicted octanol–water partition coefficient (Wildman–Crippen LogP) is 2.46. The van der Waals surface area contributed by atoms with Gasteiger partial charge in [-0.05, 0) is 50.9 Å². The van der Waals surface area contributed by atoms with Gasteiger partial charge in [-0.15, -0.1) is 0 Å². The third kappa shape index (κ3) is 3.14. The third-order valence-electron chi connectivity index (χ3n) is 4.67. The van der Waals surface area contributed by atoms with Crippen molar-refractivity contribution < 1.29 is 9.47 Å². The molecule has 0 aliphatic carbocycles. The lowest BCUT2D eigenvalue weighted by Gasteiger charge is -2.21. The molecule has 3 atom stereocenters. The molecule has 116 valence electrons. The number of hydrogen-bond acceptors (Lipinski definition) is 4. The van der Waals surface area contributed by atoms with E-state index in [1.807, 2.05) is 13.8 Å². The molecular formula is C17H26N2O2. The Morgan fingerprint density at radius 3 is 2.43 bits per heavy atom. The van der Waals surface area contributed by atoms with Crippen molar-refractivity contribution in [3.63, 3.8) is 0 Å². The molecule has 0 saturated carbocycles. The summed E-state index contributed by atoms with van der Waals surface area (Å²) in [6.07, 6.45) is 1.20. The van der Waals surface area contributed by atoms with Gasteiger partial charge >= 0.3 is 0 Å². The van der Waals surface area contributed by atoms with Gasteiger partial charge in [-0.3, -0.25) is 4.90 Å². The predicted molar refractivity (Wildman–Crippen MR) is 82.8 cm³/mol. The monoisotopic (exact) mass is 290 g/mol. The smallest absolute Gasteiger partial charge is 0.163 e. The molecule has 1 aromatic rings. The van der Waals surface area contributed by atoms with Crippen molar-refractivity contribution in [2.24, 2.45) is 11.7 Å². The van der Waals surface area contributed by atoms with Gasteiger partial charge in [0.1, 0.15) is 6.10 Å². The number of ether oxygens (including phenoxy) is 2. The van der Waals surface area contributed by atoms with E-state index >= 15 is 0 Å². The highest BCUT2D eigenvalue weighted by molar-refractivity contribution is 5.27. The number of benzene rings is 1. The van der Waals surface area contributed by atoms with Crippen molar-refractivity contribution in [3.05, 3.63) is 35.4 Å². The maximum Gasteiger partial charge on any atom is 0.163 e. The largest absolute Gasteiger partial charge is 0.347 e. The number of nitrogens with zero attached hydrogens (tertiary/aromatic N) is 1. The Hall–Kier alpha value is -0.940. The molecule has 0 aromatic heterocycles. The molecule has 2 aliphatic rings. The van der Waals surface area contributed by atoms with E-state index in [-0.39, 0.29) is 6.10 Å². The molecule has 0 bridgehead atoms. The van der Waals surface area contributed by atoms with Crippen LogP contribution in [0.3, 0.4) is 0 Å². The van der Waals surface area contributed by atoms with Crippen LogP contribution in [0.2, 0.25) is 0 Å². The molecule has 3 rings (SSSR count). The molecule has 2 heterocycles. The third-order valence-corrected chi connectivity index (χ3v) is 4.67. The average molecular weight is 290 g/mol. The van der Waals surface area contributed by atoms with Crippen LogP contribution in [0.25, 0.3) is 0 Å². The minimum absolute atomic E-state index is 0.0483. The minimum Gasteiger partial charge on any atom is -0.347 e. The Morgan fingerprint density at radius 2 is 1.90 bits per heavy atom. The Morgan fingerprint density at radius 1 is 1.24 bits per heavy atom. The van der Waals surface area contributed by atoms with Crippen molar-refractivity contribution in [2.45, 2.75) is 38.2 Å². The first kappa shape index (κ1) is 15.0. The summed E-state index contributed by atoms with van der Waals surface area (Å²) in [5.74, 6) is 0.149. The van der Waals surface area contributed by atoms with Gasteiger partial charge in [0, 0.05) is 12.6 Å². The van der Waals surface area contributed by atoms with Gasteiger partial charge < -0.3 is 15.2 Å². The molecular weight excluding hydrogens is 264 g/mol. The molecule has 3 unspecified atom stereocenters. The first-order valence-electron chi connectivity index (χ1n) is 7.80. The Bertz CT molecular complexity index is 486. The molecule has 1 aromatic carbocycles. The fourth-order valence-electron chi connectivity index (χ4n) is 3.45. The van der Waals surface area contributed by atoms with Crippen molar-refractivity contribution in [1.29, 1.82) is 0 Å². The lowest BCUT2D eigenvalue weighted by Crippen LogP contribution is -2.20. The second kappa shape index (κ2) is 5.69. The van der Waals surface area contributed by atoms with E-state index in [9.17, 15) is 0 Å². The van der Waals surface area contributed by atoms with Crippen LogP contribution in [0.1, 0.15) is 43.5 Å². The Balaban J connectivity index is 1.70. The summed E-state index contributed by atoms with van der Waals surface area (Å²) in [4.78, 5) is 2.41. The maximum absolute atomic E-state index is 5.91. The van der Waals surface area contributed by atoms with Crippen molar-refractivity contribution >= 4 is 0 Å². The first-order chi connectivity index (χ1) is 9.98. The van der Waals surface area contributed by atoms with Gasteiger partial charge in [0.05, 0.1) is 6.61 Å². The molecule has 4 heteroatoms. The molecule has 2 saturated heterocycles. The normalized spacial score (nSPS) is 32.7. The summed E-state index contributed by atoms with van der Waals surface area (Å²) in [7, 11) is 2.19. The average Bonchev–Trinajstić information content (AvgIpc) is 3.01. The van der Waals surface area contributed by atoms with Gasteiger partial charge in [0.15, 0.2) is 5.79 Å². The number of nitrogens with two attached hydrogens (primary N) is 1. The summed E-state index contributed by atoms with van der Waals surface area (Å²) in [6.45, 7) is 6.42. The van der Waals surface area contributed by atoms with E-state index in [1.165, 1.54) is 11.1 Å². The molecule has 0 amide bonds. The van der Waals surface area contributed by atoms with Gasteiger partial charge in [0.2, 0.25) is 0 Å². The summed E-state index contributed by atoms with van der Waals surface area (Å²) < 4.78 is 11.5. The number of hydrogen-bond donors (Lipinski definition) is 1. The van der Waals surface area contributed by atoms with E-state index in [0.29, 0.717) is 18.6 Å². The highest BCUT2D eigenvalue weighted by Gasteiger charge is 2.34. The first-order valence-corrected chi connectivity index (χ1v) is 7.80. The van der Waals surface area contributed by atoms with Crippen LogP contribution in [0.15, 0.2) is 24.3 Å². The minimum atomic E-state index is -0.469. The highest BCUT2D eigenvalue weighted by Crippen LogP contribution is 2.36.